The van der Waals surface area contributed by atoms with E-state index in [2.05, 4.69) is 10.1 Å². The lowest BCUT2D eigenvalue weighted by Crippen LogP contribution is -2.44. The highest BCUT2D eigenvalue weighted by Crippen LogP contribution is 2.33. The van der Waals surface area contributed by atoms with Crippen molar-refractivity contribution in [1.82, 2.24) is 14.8 Å². The van der Waals surface area contributed by atoms with E-state index in [1.165, 1.54) is 0 Å². The summed E-state index contributed by atoms with van der Waals surface area (Å²) >= 11 is 0. The second-order valence-corrected chi connectivity index (χ2v) is 5.44. The maximum Gasteiger partial charge on any atom is 0.191 e. The summed E-state index contributed by atoms with van der Waals surface area (Å²) < 4.78 is 1.88. The highest BCUT2D eigenvalue weighted by Gasteiger charge is 2.41. The van der Waals surface area contributed by atoms with Crippen LogP contribution in [0.4, 0.5) is 0 Å². The van der Waals surface area contributed by atoms with E-state index >= 15 is 0 Å². The Balaban J connectivity index is 2.13. The summed E-state index contributed by atoms with van der Waals surface area (Å²) in [6.45, 7) is 5.93. The quantitative estimate of drug-likeness (QED) is 0.786. The summed E-state index contributed by atoms with van der Waals surface area (Å²) in [6.07, 6.45) is 3.31. The van der Waals surface area contributed by atoms with Crippen LogP contribution in [0.5, 0.6) is 0 Å². The molecule has 0 N–H and O–H groups in total. The van der Waals surface area contributed by atoms with Crippen molar-refractivity contribution in [2.75, 3.05) is 0 Å². The smallest absolute Gasteiger partial charge is 0.191 e. The zero-order valence-electron chi connectivity index (χ0n) is 11.5. The van der Waals surface area contributed by atoms with Crippen molar-refractivity contribution in [3.05, 3.63) is 47.0 Å². The minimum Gasteiger partial charge on any atom is -0.291 e. The minimum atomic E-state index is -0.589. The number of carbonyl (C=O) groups excluding carboxylic acids is 1. The van der Waals surface area contributed by atoms with E-state index in [0.29, 0.717) is 0 Å². The molecule has 0 saturated carbocycles. The highest BCUT2D eigenvalue weighted by molar-refractivity contribution is 6.03. The second kappa shape index (κ2) is 4.02. The molecular formula is C15H17N3O. The number of rotatable bonds is 1. The van der Waals surface area contributed by atoms with E-state index in [9.17, 15) is 4.79 Å². The van der Waals surface area contributed by atoms with E-state index in [1.807, 2.05) is 43.7 Å². The Bertz CT molecular complexity index is 659. The Morgan fingerprint density at radius 3 is 2.84 bits per heavy atom. The van der Waals surface area contributed by atoms with Crippen LogP contribution >= 0.6 is 0 Å². The number of nitrogens with zero attached hydrogens (tertiary/aromatic N) is 3. The van der Waals surface area contributed by atoms with Gasteiger partial charge in [0.25, 0.3) is 0 Å². The summed E-state index contributed by atoms with van der Waals surface area (Å²) in [5.74, 6) is 0.119. The molecule has 2 aromatic rings. The molecule has 1 unspecified atom stereocenters. The van der Waals surface area contributed by atoms with Gasteiger partial charge in [0, 0.05) is 17.5 Å². The molecule has 1 aliphatic rings. The Labute approximate surface area is 112 Å². The van der Waals surface area contributed by atoms with E-state index < -0.39 is 5.54 Å². The van der Waals surface area contributed by atoms with Gasteiger partial charge in [-0.25, -0.2) is 0 Å². The molecular weight excluding hydrogens is 238 g/mol. The van der Waals surface area contributed by atoms with Crippen LogP contribution in [0.15, 0.2) is 24.4 Å². The largest absolute Gasteiger partial charge is 0.291 e. The molecule has 0 radical (unpaired) electrons. The molecule has 0 amide bonds. The normalized spacial score (nSPS) is 22.4. The first kappa shape index (κ1) is 12.1. The van der Waals surface area contributed by atoms with Crippen molar-refractivity contribution in [2.45, 2.75) is 39.2 Å². The maximum absolute atomic E-state index is 12.8. The van der Waals surface area contributed by atoms with Gasteiger partial charge in [-0.05, 0) is 51.8 Å². The molecule has 0 aliphatic heterocycles. The summed E-state index contributed by atoms with van der Waals surface area (Å²) in [4.78, 5) is 17.1. The summed E-state index contributed by atoms with van der Waals surface area (Å²) in [5.41, 5.74) is 3.04. The van der Waals surface area contributed by atoms with Gasteiger partial charge in [0.05, 0.1) is 11.4 Å². The van der Waals surface area contributed by atoms with Crippen LogP contribution in [0.25, 0.3) is 0 Å². The van der Waals surface area contributed by atoms with Gasteiger partial charge in [0.15, 0.2) is 5.78 Å². The van der Waals surface area contributed by atoms with Crippen LogP contribution in [-0.4, -0.2) is 20.5 Å². The number of Topliss-reactive ketones (excluding diaryl/α,β-unsaturated/α-hetero) is 1. The Kier molecular flexibility index (Phi) is 2.55. The molecule has 0 aromatic carbocycles. The SMILES string of the molecule is Cc1cc(C)n(C2(C)CCc3ncccc3C2=O)n1. The summed E-state index contributed by atoms with van der Waals surface area (Å²) in [5, 5.41) is 4.50. The Hall–Kier alpha value is -1.97. The van der Waals surface area contributed by atoms with E-state index in [4.69, 9.17) is 0 Å². The van der Waals surface area contributed by atoms with E-state index in [1.54, 1.807) is 6.20 Å². The van der Waals surface area contributed by atoms with Crippen LogP contribution < -0.4 is 0 Å². The van der Waals surface area contributed by atoms with E-state index in [0.717, 1.165) is 35.5 Å². The molecule has 19 heavy (non-hydrogen) atoms. The average Bonchev–Trinajstić information content (AvgIpc) is 2.74. The number of pyridine rings is 1. The van der Waals surface area contributed by atoms with Crippen molar-refractivity contribution in [3.8, 4) is 0 Å². The molecule has 1 atom stereocenters. The third kappa shape index (κ3) is 1.70. The Morgan fingerprint density at radius 2 is 2.16 bits per heavy atom. The molecule has 0 spiro atoms. The van der Waals surface area contributed by atoms with Crippen LogP contribution in [-0.2, 0) is 12.0 Å². The number of carbonyl (C=O) groups is 1. The fourth-order valence-corrected chi connectivity index (χ4v) is 2.94. The molecule has 1 aliphatic carbocycles. The standard InChI is InChI=1S/C15H17N3O/c1-10-9-11(2)18(17-10)15(3)7-6-13-12(14(15)19)5-4-8-16-13/h4-5,8-9H,6-7H2,1-3H3. The monoisotopic (exact) mass is 255 g/mol. The van der Waals surface area contributed by atoms with Crippen molar-refractivity contribution in [2.24, 2.45) is 0 Å². The van der Waals surface area contributed by atoms with Crippen molar-refractivity contribution in [3.63, 3.8) is 0 Å². The number of aryl methyl sites for hydroxylation is 3. The van der Waals surface area contributed by atoms with Gasteiger partial charge in [-0.15, -0.1) is 0 Å². The molecule has 4 heteroatoms. The average molecular weight is 255 g/mol. The first-order chi connectivity index (χ1) is 9.02. The fourth-order valence-electron chi connectivity index (χ4n) is 2.94. The molecule has 0 fully saturated rings. The Morgan fingerprint density at radius 1 is 1.37 bits per heavy atom. The number of hydrogen-bond donors (Lipinski definition) is 0. The van der Waals surface area contributed by atoms with Crippen molar-refractivity contribution >= 4 is 5.78 Å². The number of hydrogen-bond acceptors (Lipinski definition) is 3. The van der Waals surface area contributed by atoms with Crippen LogP contribution in [0.1, 0.15) is 40.8 Å². The van der Waals surface area contributed by atoms with Crippen LogP contribution in [0, 0.1) is 13.8 Å². The third-order valence-electron chi connectivity index (χ3n) is 3.95. The van der Waals surface area contributed by atoms with Gasteiger partial charge in [-0.3, -0.25) is 14.5 Å². The first-order valence-corrected chi connectivity index (χ1v) is 6.55. The molecule has 2 aromatic heterocycles. The van der Waals surface area contributed by atoms with Gasteiger partial charge in [-0.1, -0.05) is 0 Å². The number of fused-ring (bicyclic) bond motifs is 1. The minimum absolute atomic E-state index is 0.119. The predicted octanol–water partition coefficient (Wildman–Crippen LogP) is 2.44. The molecule has 0 bridgehead atoms. The van der Waals surface area contributed by atoms with Gasteiger partial charge in [0.2, 0.25) is 0 Å². The van der Waals surface area contributed by atoms with Crippen molar-refractivity contribution in [1.29, 1.82) is 0 Å². The molecule has 3 rings (SSSR count). The maximum atomic E-state index is 12.8. The second-order valence-electron chi connectivity index (χ2n) is 5.44. The van der Waals surface area contributed by atoms with Gasteiger partial charge >= 0.3 is 0 Å². The predicted molar refractivity (Wildman–Crippen MR) is 72.2 cm³/mol. The third-order valence-corrected chi connectivity index (χ3v) is 3.95. The van der Waals surface area contributed by atoms with E-state index in [-0.39, 0.29) is 5.78 Å². The summed E-state index contributed by atoms with van der Waals surface area (Å²) in [6, 6.07) is 5.70. The topological polar surface area (TPSA) is 47.8 Å². The van der Waals surface area contributed by atoms with Crippen molar-refractivity contribution < 1.29 is 4.79 Å². The molecule has 0 saturated heterocycles. The lowest BCUT2D eigenvalue weighted by Gasteiger charge is -2.34. The number of aromatic nitrogens is 3. The first-order valence-electron chi connectivity index (χ1n) is 6.55. The molecule has 98 valence electrons. The zero-order chi connectivity index (χ0) is 13.6. The summed E-state index contributed by atoms with van der Waals surface area (Å²) in [7, 11) is 0. The van der Waals surface area contributed by atoms with Gasteiger partial charge < -0.3 is 0 Å². The molecule has 2 heterocycles. The van der Waals surface area contributed by atoms with Gasteiger partial charge in [-0.2, -0.15) is 5.10 Å². The van der Waals surface area contributed by atoms with Crippen LogP contribution in [0.2, 0.25) is 0 Å². The fraction of sp³-hybridized carbons (Fsp3) is 0.400. The molecule has 4 nitrogen and oxygen atoms in total. The zero-order valence-corrected chi connectivity index (χ0v) is 11.5. The van der Waals surface area contributed by atoms with Crippen LogP contribution in [0.3, 0.4) is 0 Å². The lowest BCUT2D eigenvalue weighted by atomic mass is 9.80. The lowest BCUT2D eigenvalue weighted by molar-refractivity contribution is 0.0773. The number of ketones is 1. The highest BCUT2D eigenvalue weighted by atomic mass is 16.1. The van der Waals surface area contributed by atoms with Gasteiger partial charge in [0.1, 0.15) is 5.54 Å².